The van der Waals surface area contributed by atoms with E-state index < -0.39 is 0 Å². The second-order valence-electron chi connectivity index (χ2n) is 5.16. The Morgan fingerprint density at radius 3 is 2.88 bits per heavy atom. The lowest BCUT2D eigenvalue weighted by Crippen LogP contribution is -2.42. The average molecular weight is 398 g/mol. The lowest BCUT2D eigenvalue weighted by Gasteiger charge is -2.14. The molecule has 12 heteroatoms. The summed E-state index contributed by atoms with van der Waals surface area (Å²) in [6.45, 7) is 2.16. The first-order valence-corrected chi connectivity index (χ1v) is 9.81. The zero-order chi connectivity index (χ0) is 17.8. The van der Waals surface area contributed by atoms with Gasteiger partial charge in [0.1, 0.15) is 5.01 Å². The third-order valence-electron chi connectivity index (χ3n) is 3.21. The molecule has 0 radical (unpaired) electrons. The van der Waals surface area contributed by atoms with Gasteiger partial charge in [0.2, 0.25) is 11.0 Å². The highest BCUT2D eigenvalue weighted by Gasteiger charge is 2.17. The monoisotopic (exact) mass is 397 g/mol. The molecule has 0 saturated carbocycles. The molecule has 3 rings (SSSR count). The molecule has 0 bridgehead atoms. The summed E-state index contributed by atoms with van der Waals surface area (Å²) in [6, 6.07) is -0.213. The molecule has 2 amide bonds. The van der Waals surface area contributed by atoms with Crippen LogP contribution in [0.5, 0.6) is 0 Å². The van der Waals surface area contributed by atoms with E-state index in [1.165, 1.54) is 34.2 Å². The van der Waals surface area contributed by atoms with Crippen molar-refractivity contribution in [1.82, 2.24) is 30.4 Å². The molecule has 0 aliphatic rings. The number of carbonyl (C=O) groups excluding carboxylic acids is 2. The number of rotatable bonds is 7. The van der Waals surface area contributed by atoms with Crippen molar-refractivity contribution < 1.29 is 9.59 Å². The second kappa shape index (κ2) is 7.80. The molecule has 0 aliphatic carbocycles. The fourth-order valence-corrected chi connectivity index (χ4v) is 4.40. The van der Waals surface area contributed by atoms with Crippen LogP contribution in [-0.4, -0.2) is 51.2 Å². The Morgan fingerprint density at radius 1 is 1.28 bits per heavy atom. The molecule has 3 aromatic rings. The molecule has 25 heavy (non-hydrogen) atoms. The van der Waals surface area contributed by atoms with Crippen LogP contribution in [0, 0.1) is 0 Å². The molecule has 132 valence electrons. The fraction of sp³-hybridized carbons (Fsp3) is 0.385. The lowest BCUT2D eigenvalue weighted by molar-refractivity contribution is -0.120. The zero-order valence-corrected chi connectivity index (χ0v) is 15.8. The number of fused-ring (bicyclic) bond motifs is 1. The van der Waals surface area contributed by atoms with Crippen LogP contribution in [-0.2, 0) is 11.2 Å². The quantitative estimate of drug-likeness (QED) is 0.546. The summed E-state index contributed by atoms with van der Waals surface area (Å²) in [5.41, 5.74) is 0.571. The van der Waals surface area contributed by atoms with Gasteiger partial charge in [-0.2, -0.15) is 0 Å². The summed E-state index contributed by atoms with van der Waals surface area (Å²) >= 11 is 3.92. The van der Waals surface area contributed by atoms with Gasteiger partial charge >= 0.3 is 0 Å². The summed E-state index contributed by atoms with van der Waals surface area (Å²) in [7, 11) is 1.75. The van der Waals surface area contributed by atoms with Gasteiger partial charge in [-0.25, -0.2) is 0 Å². The SMILES string of the molecule is CNc1nnc(CC(=O)NC[C@H](C)NC(=O)c2csc3nnsc23)s1. The summed E-state index contributed by atoms with van der Waals surface area (Å²) in [4.78, 5) is 25.0. The molecule has 0 aromatic carbocycles. The van der Waals surface area contributed by atoms with Crippen molar-refractivity contribution in [2.45, 2.75) is 19.4 Å². The number of amides is 2. The van der Waals surface area contributed by atoms with Crippen LogP contribution in [0.4, 0.5) is 5.13 Å². The van der Waals surface area contributed by atoms with Gasteiger partial charge in [-0.3, -0.25) is 9.59 Å². The number of hydrogen-bond acceptors (Lipinski definition) is 10. The minimum Gasteiger partial charge on any atom is -0.363 e. The number of nitrogens with one attached hydrogen (secondary N) is 3. The van der Waals surface area contributed by atoms with Gasteiger partial charge in [0.15, 0.2) is 4.83 Å². The van der Waals surface area contributed by atoms with Crippen molar-refractivity contribution in [3.05, 3.63) is 16.0 Å². The molecule has 3 aromatic heterocycles. The van der Waals surface area contributed by atoms with Crippen molar-refractivity contribution in [1.29, 1.82) is 0 Å². The summed E-state index contributed by atoms with van der Waals surface area (Å²) < 4.78 is 4.63. The van der Waals surface area contributed by atoms with Crippen molar-refractivity contribution in [2.24, 2.45) is 0 Å². The summed E-state index contributed by atoms with van der Waals surface area (Å²) in [5, 5.41) is 23.4. The van der Waals surface area contributed by atoms with E-state index in [0.29, 0.717) is 22.2 Å². The maximum atomic E-state index is 12.3. The number of carbonyl (C=O) groups is 2. The first-order chi connectivity index (χ1) is 12.1. The normalized spacial score (nSPS) is 12.1. The van der Waals surface area contributed by atoms with Crippen molar-refractivity contribution >= 4 is 60.7 Å². The van der Waals surface area contributed by atoms with Gasteiger partial charge in [-0.15, -0.1) is 26.6 Å². The molecule has 0 saturated heterocycles. The van der Waals surface area contributed by atoms with Crippen molar-refractivity contribution in [3.8, 4) is 0 Å². The predicted molar refractivity (Wildman–Crippen MR) is 98.4 cm³/mol. The fourth-order valence-electron chi connectivity index (χ4n) is 1.99. The first-order valence-electron chi connectivity index (χ1n) is 7.34. The summed E-state index contributed by atoms with van der Waals surface area (Å²) in [6.07, 6.45) is 0.164. The van der Waals surface area contributed by atoms with Gasteiger partial charge in [0.25, 0.3) is 5.91 Å². The van der Waals surface area contributed by atoms with E-state index in [2.05, 4.69) is 35.7 Å². The molecule has 0 unspecified atom stereocenters. The first kappa shape index (κ1) is 17.6. The van der Waals surface area contributed by atoms with E-state index in [4.69, 9.17) is 0 Å². The Morgan fingerprint density at radius 2 is 2.12 bits per heavy atom. The molecule has 3 N–H and O–H groups in total. The van der Waals surface area contributed by atoms with Gasteiger partial charge in [-0.05, 0) is 18.5 Å². The van der Waals surface area contributed by atoms with E-state index in [1.54, 1.807) is 12.4 Å². The third-order valence-corrected chi connectivity index (χ3v) is 5.90. The number of anilines is 1. The van der Waals surface area contributed by atoms with Crippen LogP contribution < -0.4 is 16.0 Å². The van der Waals surface area contributed by atoms with E-state index in [1.807, 2.05) is 6.92 Å². The maximum Gasteiger partial charge on any atom is 0.253 e. The van der Waals surface area contributed by atoms with Crippen molar-refractivity contribution in [3.63, 3.8) is 0 Å². The van der Waals surface area contributed by atoms with E-state index in [-0.39, 0.29) is 24.3 Å². The molecule has 9 nitrogen and oxygen atoms in total. The standard InChI is InChI=1S/C13H15N7O2S3/c1-6(4-15-8(21)3-9-17-19-13(14-2)24-9)16-11(22)7-5-23-12-10(7)25-20-18-12/h5-6H,3-4H2,1-2H3,(H,14,19)(H,15,21)(H,16,22)/t6-/m0/s1. The van der Waals surface area contributed by atoms with Crippen LogP contribution in [0.1, 0.15) is 22.3 Å². The molecular formula is C13H15N7O2S3. The summed E-state index contributed by atoms with van der Waals surface area (Å²) in [5.74, 6) is -0.355. The van der Waals surface area contributed by atoms with Crippen LogP contribution in [0.2, 0.25) is 0 Å². The zero-order valence-electron chi connectivity index (χ0n) is 13.4. The smallest absolute Gasteiger partial charge is 0.253 e. The number of thiophene rings is 1. The number of hydrogen-bond donors (Lipinski definition) is 3. The number of nitrogens with zero attached hydrogens (tertiary/aromatic N) is 4. The Hall–Kier alpha value is -2.18. The van der Waals surface area contributed by atoms with Gasteiger partial charge in [-0.1, -0.05) is 15.8 Å². The second-order valence-corrected chi connectivity index (χ2v) is 7.84. The topological polar surface area (TPSA) is 122 Å². The van der Waals surface area contributed by atoms with Gasteiger partial charge < -0.3 is 16.0 Å². The highest BCUT2D eigenvalue weighted by Crippen LogP contribution is 2.26. The van der Waals surface area contributed by atoms with E-state index in [9.17, 15) is 9.59 Å². The Kier molecular flexibility index (Phi) is 5.50. The van der Waals surface area contributed by atoms with Crippen LogP contribution >= 0.6 is 34.2 Å². The van der Waals surface area contributed by atoms with Gasteiger partial charge in [0, 0.05) is 25.0 Å². The average Bonchev–Trinajstić information content (AvgIpc) is 3.29. The van der Waals surface area contributed by atoms with E-state index in [0.717, 1.165) is 9.53 Å². The van der Waals surface area contributed by atoms with Gasteiger partial charge in [0.05, 0.1) is 16.7 Å². The molecule has 0 aliphatic heterocycles. The third kappa shape index (κ3) is 4.27. The van der Waals surface area contributed by atoms with Crippen molar-refractivity contribution in [2.75, 3.05) is 18.9 Å². The van der Waals surface area contributed by atoms with Crippen LogP contribution in [0.15, 0.2) is 5.38 Å². The Labute approximate surface area is 155 Å². The highest BCUT2D eigenvalue weighted by molar-refractivity contribution is 7.24. The predicted octanol–water partition coefficient (Wildman–Crippen LogP) is 1.12. The molecule has 0 spiro atoms. The minimum atomic E-state index is -0.213. The molecular weight excluding hydrogens is 382 g/mol. The highest BCUT2D eigenvalue weighted by atomic mass is 32.1. The molecule has 3 heterocycles. The lowest BCUT2D eigenvalue weighted by atomic mass is 10.2. The number of aromatic nitrogens is 4. The minimum absolute atomic E-state index is 0.163. The largest absolute Gasteiger partial charge is 0.363 e. The Bertz CT molecular complexity index is 887. The maximum absolute atomic E-state index is 12.3. The van der Waals surface area contributed by atoms with E-state index >= 15 is 0 Å². The van der Waals surface area contributed by atoms with Crippen LogP contribution in [0.3, 0.4) is 0 Å². The Balaban J connectivity index is 1.47. The molecule has 1 atom stereocenters. The molecule has 0 fully saturated rings. The van der Waals surface area contributed by atoms with Crippen LogP contribution in [0.25, 0.3) is 9.53 Å².